The van der Waals surface area contributed by atoms with Crippen LogP contribution < -0.4 is 10.5 Å². The van der Waals surface area contributed by atoms with Crippen LogP contribution in [0, 0.1) is 0 Å². The Balaban J connectivity index is 1.79. The third-order valence-corrected chi connectivity index (χ3v) is 3.67. The highest BCUT2D eigenvalue weighted by atomic mass is 16.5. The molecule has 2 aromatic rings. The fourth-order valence-electron chi connectivity index (χ4n) is 2.64. The molecule has 0 aliphatic heterocycles. The van der Waals surface area contributed by atoms with Gasteiger partial charge >= 0.3 is 0 Å². The number of fused-ring (bicyclic) bond motifs is 1. The lowest BCUT2D eigenvalue weighted by Gasteiger charge is -2.19. The molecular formula is C16H19NO2. The number of hydrogen-bond acceptors (Lipinski definition) is 3. The van der Waals surface area contributed by atoms with E-state index in [1.807, 2.05) is 18.2 Å². The maximum atomic E-state index is 5.96. The zero-order valence-electron chi connectivity index (χ0n) is 11.0. The molecular weight excluding hydrogens is 238 g/mol. The average Bonchev–Trinajstić information content (AvgIpc) is 2.98. The minimum Gasteiger partial charge on any atom is -0.481 e. The summed E-state index contributed by atoms with van der Waals surface area (Å²) < 4.78 is 11.3. The lowest BCUT2D eigenvalue weighted by molar-refractivity contribution is 0.184. The first-order chi connectivity index (χ1) is 9.36. The summed E-state index contributed by atoms with van der Waals surface area (Å²) in [5.74, 6) is 1.66. The van der Waals surface area contributed by atoms with E-state index in [0.29, 0.717) is 6.54 Å². The summed E-state index contributed by atoms with van der Waals surface area (Å²) in [6.45, 7) is 0.407. The van der Waals surface area contributed by atoms with E-state index in [4.69, 9.17) is 14.9 Å². The number of nitrogens with two attached hydrogens (primary N) is 1. The van der Waals surface area contributed by atoms with E-state index in [9.17, 15) is 0 Å². The standard InChI is InChI=1S/C16H19NO2/c17-11-16(15-6-3-9-18-15)19-14-8-7-12-4-1-2-5-13(12)10-14/h3,6-10,16H,1-2,4-5,11,17H2. The summed E-state index contributed by atoms with van der Waals surface area (Å²) in [5.41, 5.74) is 8.64. The molecule has 0 bridgehead atoms. The first-order valence-corrected chi connectivity index (χ1v) is 6.89. The van der Waals surface area contributed by atoms with Gasteiger partial charge in [-0.25, -0.2) is 0 Å². The first kappa shape index (κ1) is 12.3. The van der Waals surface area contributed by atoms with E-state index in [0.717, 1.165) is 17.9 Å². The van der Waals surface area contributed by atoms with Gasteiger partial charge < -0.3 is 14.9 Å². The van der Waals surface area contributed by atoms with E-state index < -0.39 is 0 Å². The Labute approximate surface area is 113 Å². The van der Waals surface area contributed by atoms with Gasteiger partial charge in [0, 0.05) is 6.54 Å². The van der Waals surface area contributed by atoms with Gasteiger partial charge in [-0.3, -0.25) is 0 Å². The topological polar surface area (TPSA) is 48.4 Å². The van der Waals surface area contributed by atoms with Gasteiger partial charge in [0.05, 0.1) is 6.26 Å². The zero-order valence-corrected chi connectivity index (χ0v) is 11.0. The molecule has 0 radical (unpaired) electrons. The van der Waals surface area contributed by atoms with Crippen molar-refractivity contribution in [1.29, 1.82) is 0 Å². The summed E-state index contributed by atoms with van der Waals surface area (Å²) >= 11 is 0. The molecule has 1 aromatic heterocycles. The molecule has 3 rings (SSSR count). The molecule has 0 fully saturated rings. The van der Waals surface area contributed by atoms with Crippen molar-refractivity contribution in [1.82, 2.24) is 0 Å². The fourth-order valence-corrected chi connectivity index (χ4v) is 2.64. The number of benzene rings is 1. The van der Waals surface area contributed by atoms with E-state index in [1.54, 1.807) is 6.26 Å². The van der Waals surface area contributed by atoms with Crippen LogP contribution in [0.15, 0.2) is 41.0 Å². The van der Waals surface area contributed by atoms with Crippen molar-refractivity contribution in [2.75, 3.05) is 6.54 Å². The number of furan rings is 1. The molecule has 2 N–H and O–H groups in total. The molecule has 1 atom stereocenters. The van der Waals surface area contributed by atoms with Crippen LogP contribution in [0.2, 0.25) is 0 Å². The van der Waals surface area contributed by atoms with Gasteiger partial charge in [0.25, 0.3) is 0 Å². The normalized spacial score (nSPS) is 15.8. The van der Waals surface area contributed by atoms with Gasteiger partial charge in [-0.05, 0) is 61.1 Å². The highest BCUT2D eigenvalue weighted by Crippen LogP contribution is 2.28. The van der Waals surface area contributed by atoms with Crippen molar-refractivity contribution < 1.29 is 9.15 Å². The third-order valence-electron chi connectivity index (χ3n) is 3.67. The van der Waals surface area contributed by atoms with Crippen LogP contribution in [-0.2, 0) is 12.8 Å². The number of hydrogen-bond donors (Lipinski definition) is 1. The monoisotopic (exact) mass is 257 g/mol. The highest BCUT2D eigenvalue weighted by Gasteiger charge is 2.16. The Morgan fingerprint density at radius 3 is 2.74 bits per heavy atom. The first-order valence-electron chi connectivity index (χ1n) is 6.89. The molecule has 1 aliphatic rings. The van der Waals surface area contributed by atoms with Crippen LogP contribution in [0.25, 0.3) is 0 Å². The van der Waals surface area contributed by atoms with Gasteiger partial charge in [-0.1, -0.05) is 6.07 Å². The minimum absolute atomic E-state index is 0.211. The molecule has 1 unspecified atom stereocenters. The second-order valence-electron chi connectivity index (χ2n) is 5.00. The Morgan fingerprint density at radius 2 is 2.00 bits per heavy atom. The molecule has 0 spiro atoms. The van der Waals surface area contributed by atoms with Gasteiger partial charge in [0.2, 0.25) is 0 Å². The quantitative estimate of drug-likeness (QED) is 0.914. The van der Waals surface area contributed by atoms with Crippen LogP contribution in [0.3, 0.4) is 0 Å². The van der Waals surface area contributed by atoms with Crippen molar-refractivity contribution in [3.63, 3.8) is 0 Å². The number of rotatable bonds is 4. The fraction of sp³-hybridized carbons (Fsp3) is 0.375. The number of ether oxygens (including phenoxy) is 1. The number of aryl methyl sites for hydroxylation is 2. The minimum atomic E-state index is -0.211. The summed E-state index contributed by atoms with van der Waals surface area (Å²) in [5, 5.41) is 0. The van der Waals surface area contributed by atoms with Crippen LogP contribution in [0.5, 0.6) is 5.75 Å². The second kappa shape index (κ2) is 5.49. The van der Waals surface area contributed by atoms with Gasteiger partial charge in [-0.2, -0.15) is 0 Å². The lowest BCUT2D eigenvalue weighted by atomic mass is 9.92. The zero-order chi connectivity index (χ0) is 13.1. The molecule has 0 saturated carbocycles. The Hall–Kier alpha value is -1.74. The molecule has 100 valence electrons. The average molecular weight is 257 g/mol. The van der Waals surface area contributed by atoms with Crippen molar-refractivity contribution in [2.45, 2.75) is 31.8 Å². The molecule has 1 aliphatic carbocycles. The maximum Gasteiger partial charge on any atom is 0.168 e. The molecule has 3 heteroatoms. The van der Waals surface area contributed by atoms with Gasteiger partial charge in [0.15, 0.2) is 6.10 Å². The molecule has 0 saturated heterocycles. The highest BCUT2D eigenvalue weighted by molar-refractivity contribution is 5.37. The van der Waals surface area contributed by atoms with E-state index >= 15 is 0 Å². The van der Waals surface area contributed by atoms with Gasteiger partial charge in [-0.15, -0.1) is 0 Å². The Bertz CT molecular complexity index is 534. The van der Waals surface area contributed by atoms with E-state index in [2.05, 4.69) is 12.1 Å². The Morgan fingerprint density at radius 1 is 1.16 bits per heavy atom. The molecule has 0 amide bonds. The molecule has 1 aromatic carbocycles. The summed E-state index contributed by atoms with van der Waals surface area (Å²) in [6.07, 6.45) is 6.35. The summed E-state index contributed by atoms with van der Waals surface area (Å²) in [7, 11) is 0. The van der Waals surface area contributed by atoms with Crippen LogP contribution in [0.1, 0.15) is 35.8 Å². The third kappa shape index (κ3) is 2.66. The van der Waals surface area contributed by atoms with E-state index in [-0.39, 0.29) is 6.10 Å². The lowest BCUT2D eigenvalue weighted by Crippen LogP contribution is -2.18. The van der Waals surface area contributed by atoms with Crippen molar-refractivity contribution in [3.8, 4) is 5.75 Å². The van der Waals surface area contributed by atoms with Crippen LogP contribution in [-0.4, -0.2) is 6.54 Å². The second-order valence-corrected chi connectivity index (χ2v) is 5.00. The van der Waals surface area contributed by atoms with E-state index in [1.165, 1.54) is 30.4 Å². The van der Waals surface area contributed by atoms with Crippen LogP contribution in [0.4, 0.5) is 0 Å². The summed E-state index contributed by atoms with van der Waals surface area (Å²) in [4.78, 5) is 0. The van der Waals surface area contributed by atoms with Crippen LogP contribution >= 0.6 is 0 Å². The molecule has 19 heavy (non-hydrogen) atoms. The van der Waals surface area contributed by atoms with Crippen molar-refractivity contribution in [2.24, 2.45) is 5.73 Å². The largest absolute Gasteiger partial charge is 0.481 e. The van der Waals surface area contributed by atoms with Crippen molar-refractivity contribution in [3.05, 3.63) is 53.5 Å². The van der Waals surface area contributed by atoms with Gasteiger partial charge in [0.1, 0.15) is 11.5 Å². The maximum absolute atomic E-state index is 5.96. The predicted octanol–water partition coefficient (Wildman–Crippen LogP) is 3.24. The Kier molecular flexibility index (Phi) is 3.56. The predicted molar refractivity (Wildman–Crippen MR) is 74.2 cm³/mol. The molecule has 1 heterocycles. The smallest absolute Gasteiger partial charge is 0.168 e. The summed E-state index contributed by atoms with van der Waals surface area (Å²) in [6, 6.07) is 10.1. The molecule has 3 nitrogen and oxygen atoms in total. The SMILES string of the molecule is NCC(Oc1ccc2c(c1)CCCC2)c1ccco1. The van der Waals surface area contributed by atoms with Crippen molar-refractivity contribution >= 4 is 0 Å².